The van der Waals surface area contributed by atoms with Gasteiger partial charge in [-0.25, -0.2) is 0 Å². The van der Waals surface area contributed by atoms with E-state index >= 15 is 0 Å². The van der Waals surface area contributed by atoms with Crippen molar-refractivity contribution in [1.29, 1.82) is 0 Å². The first-order chi connectivity index (χ1) is 17.5. The molecule has 1 N–H and O–H groups in total. The van der Waals surface area contributed by atoms with Crippen molar-refractivity contribution in [2.45, 2.75) is 12.1 Å². The standard InChI is InChI=1S/C24H25B10NS2/c1-2-5(26)11(27)21-4(3-25)6-7-8-9-10-12(28)13(29)16(32)24(10)37-23(9)18(34)15(31)20(8)35-19(7)14(30)17(33)22(6)36-21/h1,12,35H,3,25-34H2/b11-5-. The van der Waals surface area contributed by atoms with E-state index < -0.39 is 0 Å². The number of rotatable bonds is 2. The van der Waals surface area contributed by atoms with E-state index in [1.54, 1.807) is 5.56 Å². The van der Waals surface area contributed by atoms with Crippen molar-refractivity contribution in [3.63, 3.8) is 0 Å². The van der Waals surface area contributed by atoms with Crippen LogP contribution in [0.15, 0.2) is 10.9 Å². The number of fused-ring (bicyclic) bond motifs is 9. The van der Waals surface area contributed by atoms with Crippen LogP contribution in [-0.2, 0) is 6.32 Å². The molecule has 1 atom stereocenters. The fourth-order valence-electron chi connectivity index (χ4n) is 6.56. The Morgan fingerprint density at radius 2 is 1.41 bits per heavy atom. The molecule has 1 unspecified atom stereocenters. The quantitative estimate of drug-likeness (QED) is 0.184. The lowest BCUT2D eigenvalue weighted by Crippen LogP contribution is -2.27. The number of terminal acetylenes is 1. The third-order valence-corrected chi connectivity index (χ3v) is 12.4. The van der Waals surface area contributed by atoms with Crippen molar-refractivity contribution in [2.75, 3.05) is 0 Å². The molecule has 0 spiro atoms. The summed E-state index contributed by atoms with van der Waals surface area (Å²) in [5.74, 6) is 3.35. The summed E-state index contributed by atoms with van der Waals surface area (Å²) >= 11 is 3.95. The Hall–Kier alpha value is -2.15. The predicted molar refractivity (Wildman–Crippen MR) is 200 cm³/mol. The van der Waals surface area contributed by atoms with Gasteiger partial charge in [0.1, 0.15) is 78.5 Å². The number of thiophene rings is 2. The summed E-state index contributed by atoms with van der Waals surface area (Å²) in [6.45, 7) is 0. The molecule has 0 bridgehead atoms. The highest BCUT2D eigenvalue weighted by Gasteiger charge is 2.31. The van der Waals surface area contributed by atoms with Gasteiger partial charge in [-0.15, -0.1) is 34.6 Å². The lowest BCUT2D eigenvalue weighted by Gasteiger charge is -2.12. The third-order valence-electron chi connectivity index (χ3n) is 9.50. The average Bonchev–Trinajstić information content (AvgIpc) is 3.62. The van der Waals surface area contributed by atoms with Crippen molar-refractivity contribution >= 4 is 176 Å². The molecule has 1 aliphatic carbocycles. The molecule has 13 heteroatoms. The fourth-order valence-corrected chi connectivity index (χ4v) is 9.60. The Morgan fingerprint density at radius 3 is 1.97 bits per heavy atom. The Kier molecular flexibility index (Phi) is 5.72. The van der Waals surface area contributed by atoms with Gasteiger partial charge in [-0.2, -0.15) is 0 Å². The van der Waals surface area contributed by atoms with Crippen molar-refractivity contribution < 1.29 is 0 Å². The number of nitrogens with one attached hydrogen (secondary N) is 1. The van der Waals surface area contributed by atoms with Crippen molar-refractivity contribution in [3.8, 4) is 12.3 Å². The van der Waals surface area contributed by atoms with E-state index in [9.17, 15) is 0 Å². The van der Waals surface area contributed by atoms with E-state index in [2.05, 4.69) is 89.4 Å². The molecule has 6 rings (SSSR count). The third kappa shape index (κ3) is 3.06. The average molecular weight is 500 g/mol. The van der Waals surface area contributed by atoms with Crippen molar-refractivity contribution in [3.05, 3.63) is 31.8 Å². The van der Waals surface area contributed by atoms with Crippen LogP contribution in [0.1, 0.15) is 26.7 Å². The second-order valence-corrected chi connectivity index (χ2v) is 13.1. The zero-order valence-corrected chi connectivity index (χ0v) is 25.3. The Labute approximate surface area is 236 Å². The minimum absolute atomic E-state index is 0.452. The molecule has 2 aromatic carbocycles. The van der Waals surface area contributed by atoms with Crippen LogP contribution in [0.25, 0.3) is 52.9 Å². The highest BCUT2D eigenvalue weighted by atomic mass is 32.1. The molecular formula is C24H25B10NS2. The van der Waals surface area contributed by atoms with Gasteiger partial charge in [-0.05, 0) is 22.4 Å². The molecule has 5 aromatic rings. The first-order valence-corrected chi connectivity index (χ1v) is 15.0. The van der Waals surface area contributed by atoms with Crippen LogP contribution >= 0.6 is 22.7 Å². The van der Waals surface area contributed by atoms with E-state index in [1.807, 2.05) is 22.7 Å². The molecule has 0 aliphatic heterocycles. The minimum Gasteiger partial charge on any atom is -0.355 e. The number of hydrogen-bond donors (Lipinski definition) is 1. The van der Waals surface area contributed by atoms with Crippen molar-refractivity contribution in [2.24, 2.45) is 0 Å². The summed E-state index contributed by atoms with van der Waals surface area (Å²) in [7, 11) is 22.8. The molecule has 37 heavy (non-hydrogen) atoms. The summed E-state index contributed by atoms with van der Waals surface area (Å²) in [5.41, 5.74) is 16.4. The Balaban J connectivity index is 1.95. The fraction of sp³-hybridized carbons (Fsp3) is 0.0833. The van der Waals surface area contributed by atoms with E-state index in [4.69, 9.17) is 6.42 Å². The van der Waals surface area contributed by atoms with Crippen LogP contribution in [0.2, 0.25) is 0 Å². The van der Waals surface area contributed by atoms with Crippen molar-refractivity contribution in [1.82, 2.24) is 4.98 Å². The molecular weight excluding hydrogens is 475 g/mol. The maximum atomic E-state index is 5.86. The van der Waals surface area contributed by atoms with E-state index in [-0.39, 0.29) is 0 Å². The maximum absolute atomic E-state index is 5.86. The smallest absolute Gasteiger partial charge is 0.149 e. The lowest BCUT2D eigenvalue weighted by atomic mass is 9.68. The Morgan fingerprint density at radius 1 is 0.838 bits per heavy atom. The normalized spacial score (nSPS) is 16.2. The number of H-pyrrole nitrogens is 1. The van der Waals surface area contributed by atoms with Crippen LogP contribution in [0.4, 0.5) is 0 Å². The molecule has 3 aromatic heterocycles. The van der Waals surface area contributed by atoms with Gasteiger partial charge in [0, 0.05) is 51.7 Å². The summed E-state index contributed by atoms with van der Waals surface area (Å²) in [6, 6.07) is 0. The van der Waals surface area contributed by atoms with Gasteiger partial charge < -0.3 is 4.98 Å². The molecule has 3 heterocycles. The predicted octanol–water partition coefficient (Wildman–Crippen LogP) is -5.89. The van der Waals surface area contributed by atoms with Gasteiger partial charge in [0.05, 0.1) is 0 Å². The van der Waals surface area contributed by atoms with Gasteiger partial charge in [-0.1, -0.05) is 45.0 Å². The van der Waals surface area contributed by atoms with Crippen LogP contribution < -0.4 is 21.9 Å². The first kappa shape index (κ1) is 25.1. The number of aromatic nitrogens is 1. The molecule has 0 amide bonds. The highest BCUT2D eigenvalue weighted by Crippen LogP contribution is 2.50. The number of aromatic amines is 1. The molecule has 1 aliphatic rings. The summed E-state index contributed by atoms with van der Waals surface area (Å²) in [6.07, 6.45) is 6.84. The second-order valence-electron chi connectivity index (χ2n) is 11.1. The van der Waals surface area contributed by atoms with Gasteiger partial charge in [0.2, 0.25) is 0 Å². The van der Waals surface area contributed by atoms with Crippen LogP contribution in [0.3, 0.4) is 0 Å². The number of benzene rings is 2. The maximum Gasteiger partial charge on any atom is 0.149 e. The highest BCUT2D eigenvalue weighted by molar-refractivity contribution is 7.23. The minimum atomic E-state index is 0.452. The molecule has 0 saturated carbocycles. The lowest BCUT2D eigenvalue weighted by molar-refractivity contribution is 1.26. The van der Waals surface area contributed by atoms with Gasteiger partial charge in [0.15, 0.2) is 0 Å². The van der Waals surface area contributed by atoms with E-state index in [1.165, 1.54) is 95.6 Å². The second kappa shape index (κ2) is 8.42. The molecule has 1 nitrogen and oxygen atoms in total. The van der Waals surface area contributed by atoms with Crippen LogP contribution in [0.5, 0.6) is 0 Å². The molecule has 0 fully saturated rings. The number of allylic oxidation sites excluding steroid dienone is 2. The largest absolute Gasteiger partial charge is 0.355 e. The molecule has 0 saturated heterocycles. The summed E-state index contributed by atoms with van der Waals surface area (Å²) in [4.78, 5) is 6.82. The van der Waals surface area contributed by atoms with Gasteiger partial charge >= 0.3 is 0 Å². The zero-order chi connectivity index (χ0) is 26.7. The van der Waals surface area contributed by atoms with Gasteiger partial charge in [0.25, 0.3) is 0 Å². The van der Waals surface area contributed by atoms with Crippen LogP contribution in [-0.4, -0.2) is 83.4 Å². The van der Waals surface area contributed by atoms with E-state index in [0.29, 0.717) is 5.82 Å². The molecule has 0 radical (unpaired) electrons. The van der Waals surface area contributed by atoms with Gasteiger partial charge in [-0.3, -0.25) is 0 Å². The number of hydrogen-bond acceptors (Lipinski definition) is 2. The summed E-state index contributed by atoms with van der Waals surface area (Å²) < 4.78 is 2.88. The Bertz CT molecular complexity index is 1980. The van der Waals surface area contributed by atoms with E-state index in [0.717, 1.165) is 11.8 Å². The molecule has 168 valence electrons. The SMILES string of the molecule is BCc1c(/C(B)=C(/B)C#C)sc2c(B)c(B)c3[nH]c4c(B)c(B)c5sc6c(c5c4c3c12)C(B)C(B)=C6B. The monoisotopic (exact) mass is 501 g/mol. The van der Waals surface area contributed by atoms with Crippen LogP contribution in [0, 0.1) is 12.3 Å². The summed E-state index contributed by atoms with van der Waals surface area (Å²) in [5, 5.41) is 5.77. The zero-order valence-electron chi connectivity index (χ0n) is 23.7. The topological polar surface area (TPSA) is 15.8 Å². The first-order valence-electron chi connectivity index (χ1n) is 13.3.